The zero-order valence-electron chi connectivity index (χ0n) is 19.3. The van der Waals surface area contributed by atoms with Crippen molar-refractivity contribution in [1.29, 1.82) is 5.26 Å². The molecule has 0 aliphatic heterocycles. The third-order valence-corrected chi connectivity index (χ3v) is 5.49. The van der Waals surface area contributed by atoms with Crippen molar-refractivity contribution in [2.24, 2.45) is 0 Å². The maximum absolute atomic E-state index is 14.7. The van der Waals surface area contributed by atoms with E-state index in [1.807, 2.05) is 26.0 Å². The van der Waals surface area contributed by atoms with Gasteiger partial charge in [0.15, 0.2) is 0 Å². The van der Waals surface area contributed by atoms with Crippen molar-refractivity contribution in [3.8, 4) is 34.8 Å². The number of hydrogen-bond acceptors (Lipinski definition) is 2. The molecule has 33 heavy (non-hydrogen) atoms. The molecule has 4 heteroatoms. The lowest BCUT2D eigenvalue weighted by atomic mass is 10.0. The molecule has 3 aromatic rings. The molecule has 3 rings (SSSR count). The summed E-state index contributed by atoms with van der Waals surface area (Å²) < 4.78 is 34.5. The molecule has 0 fully saturated rings. The summed E-state index contributed by atoms with van der Waals surface area (Å²) in [6.45, 7) is 6.83. The molecule has 0 bridgehead atoms. The van der Waals surface area contributed by atoms with Crippen molar-refractivity contribution < 1.29 is 13.5 Å². The first kappa shape index (κ1) is 24.0. The summed E-state index contributed by atoms with van der Waals surface area (Å²) in [5.74, 6) is 5.74. The lowest BCUT2D eigenvalue weighted by Gasteiger charge is -2.10. The maximum atomic E-state index is 14.7. The first-order valence-electron chi connectivity index (χ1n) is 11.2. The van der Waals surface area contributed by atoms with Gasteiger partial charge >= 0.3 is 0 Å². The van der Waals surface area contributed by atoms with Crippen LogP contribution in [0.15, 0.2) is 48.5 Å². The summed E-state index contributed by atoms with van der Waals surface area (Å²) in [5.41, 5.74) is 4.07. The van der Waals surface area contributed by atoms with Crippen LogP contribution in [-0.4, -0.2) is 6.61 Å². The SMILES string of the molecule is CCCCCCOc1cc(C)c(C#Cc2ccc(-c3ccc(C#N)c(F)c3)cc2F)c(C)c1. The Balaban J connectivity index is 1.77. The highest BCUT2D eigenvalue weighted by Gasteiger charge is 2.08. The summed E-state index contributed by atoms with van der Waals surface area (Å²) in [5, 5.41) is 8.86. The van der Waals surface area contributed by atoms with Crippen LogP contribution in [0.2, 0.25) is 0 Å². The van der Waals surface area contributed by atoms with E-state index in [0.717, 1.165) is 28.9 Å². The van der Waals surface area contributed by atoms with Gasteiger partial charge in [0.25, 0.3) is 0 Å². The van der Waals surface area contributed by atoms with Crippen LogP contribution in [0.25, 0.3) is 11.1 Å². The number of benzene rings is 3. The number of unbranched alkanes of at least 4 members (excludes halogenated alkanes) is 3. The van der Waals surface area contributed by atoms with Crippen LogP contribution < -0.4 is 4.74 Å². The summed E-state index contributed by atoms with van der Waals surface area (Å²) >= 11 is 0. The van der Waals surface area contributed by atoms with Gasteiger partial charge in [-0.3, -0.25) is 0 Å². The Kier molecular flexibility index (Phi) is 8.22. The molecule has 0 amide bonds. The van der Waals surface area contributed by atoms with Gasteiger partial charge in [-0.05, 0) is 78.9 Å². The van der Waals surface area contributed by atoms with Gasteiger partial charge in [-0.25, -0.2) is 8.78 Å². The van der Waals surface area contributed by atoms with Gasteiger partial charge in [0, 0.05) is 5.56 Å². The summed E-state index contributed by atoms with van der Waals surface area (Å²) in [7, 11) is 0. The number of hydrogen-bond donors (Lipinski definition) is 0. The molecule has 0 heterocycles. The zero-order valence-corrected chi connectivity index (χ0v) is 19.3. The molecular formula is C29H27F2NO. The number of rotatable bonds is 7. The Bertz CT molecular complexity index is 1220. The molecule has 0 aromatic heterocycles. The van der Waals surface area contributed by atoms with E-state index in [-0.39, 0.29) is 11.1 Å². The summed E-state index contributed by atoms with van der Waals surface area (Å²) in [4.78, 5) is 0. The lowest BCUT2D eigenvalue weighted by Crippen LogP contribution is -1.99. The van der Waals surface area contributed by atoms with Crippen LogP contribution in [0.5, 0.6) is 5.75 Å². The highest BCUT2D eigenvalue weighted by Crippen LogP contribution is 2.25. The van der Waals surface area contributed by atoms with Crippen LogP contribution in [0.1, 0.15) is 60.4 Å². The number of ether oxygens (including phenoxy) is 1. The topological polar surface area (TPSA) is 33.0 Å². The monoisotopic (exact) mass is 443 g/mol. The second-order valence-electron chi connectivity index (χ2n) is 8.09. The minimum absolute atomic E-state index is 0.0413. The van der Waals surface area contributed by atoms with Gasteiger partial charge in [0.1, 0.15) is 23.5 Å². The van der Waals surface area contributed by atoms with E-state index in [4.69, 9.17) is 10.00 Å². The second kappa shape index (κ2) is 11.3. The van der Waals surface area contributed by atoms with Gasteiger partial charge in [0.05, 0.1) is 17.7 Å². The van der Waals surface area contributed by atoms with E-state index in [1.54, 1.807) is 24.3 Å². The zero-order chi connectivity index (χ0) is 23.8. The summed E-state index contributed by atoms with van der Waals surface area (Å²) in [6, 6.07) is 14.6. The van der Waals surface area contributed by atoms with Gasteiger partial charge < -0.3 is 4.74 Å². The fraction of sp³-hybridized carbons (Fsp3) is 0.276. The molecule has 0 saturated carbocycles. The van der Waals surface area contributed by atoms with Crippen molar-refractivity contribution in [2.45, 2.75) is 46.5 Å². The molecule has 2 nitrogen and oxygen atoms in total. The van der Waals surface area contributed by atoms with E-state index in [1.165, 1.54) is 37.5 Å². The molecule has 0 N–H and O–H groups in total. The molecule has 0 aliphatic carbocycles. The van der Waals surface area contributed by atoms with Crippen LogP contribution in [-0.2, 0) is 0 Å². The third kappa shape index (κ3) is 6.21. The number of nitriles is 1. The predicted molar refractivity (Wildman–Crippen MR) is 128 cm³/mol. The fourth-order valence-electron chi connectivity index (χ4n) is 3.63. The van der Waals surface area contributed by atoms with Crippen molar-refractivity contribution in [1.82, 2.24) is 0 Å². The molecule has 0 unspecified atom stereocenters. The van der Waals surface area contributed by atoms with E-state index < -0.39 is 11.6 Å². The molecule has 0 atom stereocenters. The number of halogens is 2. The summed E-state index contributed by atoms with van der Waals surface area (Å²) in [6.07, 6.45) is 4.63. The highest BCUT2D eigenvalue weighted by molar-refractivity contribution is 5.66. The third-order valence-electron chi connectivity index (χ3n) is 5.49. The van der Waals surface area contributed by atoms with Crippen molar-refractivity contribution in [3.63, 3.8) is 0 Å². The Morgan fingerprint density at radius 2 is 1.39 bits per heavy atom. The lowest BCUT2D eigenvalue weighted by molar-refractivity contribution is 0.304. The first-order valence-corrected chi connectivity index (χ1v) is 11.2. The van der Waals surface area contributed by atoms with Crippen molar-refractivity contribution in [2.75, 3.05) is 6.61 Å². The number of aryl methyl sites for hydroxylation is 2. The standard InChI is InChI=1S/C29H27F2NO/c1-4-5-6-7-14-33-26-15-20(2)27(21(3)16-26)13-12-22-8-9-23(17-28(22)30)24-10-11-25(19-32)29(31)18-24/h8-11,15-18H,4-7,14H2,1-3H3. The van der Waals surface area contributed by atoms with Crippen LogP contribution in [0.4, 0.5) is 8.78 Å². The van der Waals surface area contributed by atoms with E-state index in [2.05, 4.69) is 18.8 Å². The number of nitrogens with zero attached hydrogens (tertiary/aromatic N) is 1. The Labute approximate surface area is 194 Å². The van der Waals surface area contributed by atoms with Gasteiger partial charge in [-0.15, -0.1) is 0 Å². The average molecular weight is 444 g/mol. The molecule has 0 spiro atoms. The Hall–Kier alpha value is -3.63. The second-order valence-corrected chi connectivity index (χ2v) is 8.09. The van der Waals surface area contributed by atoms with Crippen molar-refractivity contribution in [3.05, 3.63) is 88.0 Å². The quantitative estimate of drug-likeness (QED) is 0.280. The molecule has 0 saturated heterocycles. The average Bonchev–Trinajstić information content (AvgIpc) is 2.79. The normalized spacial score (nSPS) is 10.3. The molecule has 0 radical (unpaired) electrons. The van der Waals surface area contributed by atoms with Gasteiger partial charge in [-0.2, -0.15) is 5.26 Å². The Morgan fingerprint density at radius 1 is 0.788 bits per heavy atom. The van der Waals surface area contributed by atoms with E-state index in [9.17, 15) is 8.78 Å². The maximum Gasteiger partial charge on any atom is 0.141 e. The molecule has 168 valence electrons. The molecular weight excluding hydrogens is 416 g/mol. The largest absolute Gasteiger partial charge is 0.494 e. The molecule has 3 aromatic carbocycles. The van der Waals surface area contributed by atoms with Crippen LogP contribution >= 0.6 is 0 Å². The van der Waals surface area contributed by atoms with E-state index >= 15 is 0 Å². The minimum Gasteiger partial charge on any atom is -0.494 e. The van der Waals surface area contributed by atoms with E-state index in [0.29, 0.717) is 17.7 Å². The minimum atomic E-state index is -0.626. The van der Waals surface area contributed by atoms with Crippen LogP contribution in [0.3, 0.4) is 0 Å². The van der Waals surface area contributed by atoms with Gasteiger partial charge in [0.2, 0.25) is 0 Å². The van der Waals surface area contributed by atoms with Crippen LogP contribution in [0, 0.1) is 48.7 Å². The fourth-order valence-corrected chi connectivity index (χ4v) is 3.63. The van der Waals surface area contributed by atoms with Crippen molar-refractivity contribution >= 4 is 0 Å². The predicted octanol–water partition coefficient (Wildman–Crippen LogP) is 7.48. The molecule has 0 aliphatic rings. The smallest absolute Gasteiger partial charge is 0.141 e. The van der Waals surface area contributed by atoms with Gasteiger partial charge in [-0.1, -0.05) is 50.2 Å². The Morgan fingerprint density at radius 3 is 1.94 bits per heavy atom. The first-order chi connectivity index (χ1) is 15.9. The highest BCUT2D eigenvalue weighted by atomic mass is 19.1.